The fourth-order valence-corrected chi connectivity index (χ4v) is 3.78. The Labute approximate surface area is 111 Å². The van der Waals surface area contributed by atoms with Gasteiger partial charge in [-0.3, -0.25) is 9.11 Å². The molecule has 0 saturated carbocycles. The zero-order valence-corrected chi connectivity index (χ0v) is 11.6. The Bertz CT molecular complexity index is 396. The fourth-order valence-electron chi connectivity index (χ4n) is 2.41. The van der Waals surface area contributed by atoms with E-state index in [1.165, 1.54) is 0 Å². The third-order valence-corrected chi connectivity index (χ3v) is 4.87. The third kappa shape index (κ3) is 3.90. The Morgan fingerprint density at radius 3 is 2.89 bits per heavy atom. The molecule has 0 aliphatic carbocycles. The first-order chi connectivity index (χ1) is 8.65. The number of nitrogens with zero attached hydrogens (tertiary/aromatic N) is 1. The molecule has 1 heterocycles. The van der Waals surface area contributed by atoms with E-state index in [1.807, 2.05) is 30.3 Å². The molecule has 0 bridgehead atoms. The van der Waals surface area contributed by atoms with Gasteiger partial charge in [0.05, 0.1) is 6.10 Å². The van der Waals surface area contributed by atoms with Gasteiger partial charge in [-0.2, -0.15) is 0 Å². The number of hydrogen-bond donors (Lipinski definition) is 1. The summed E-state index contributed by atoms with van der Waals surface area (Å²) >= 11 is 0. The van der Waals surface area contributed by atoms with E-state index in [9.17, 15) is 9.32 Å². The van der Waals surface area contributed by atoms with E-state index >= 15 is 0 Å². The second-order valence-electron chi connectivity index (χ2n) is 5.10. The van der Waals surface area contributed by atoms with Gasteiger partial charge in [0.1, 0.15) is 0 Å². The first-order valence-electron chi connectivity index (χ1n) is 6.45. The van der Waals surface area contributed by atoms with Gasteiger partial charge in [-0.1, -0.05) is 37.3 Å². The molecule has 3 nitrogen and oxygen atoms in total. The van der Waals surface area contributed by atoms with E-state index in [-0.39, 0.29) is 0 Å². The van der Waals surface area contributed by atoms with E-state index in [0.29, 0.717) is 12.5 Å². The van der Waals surface area contributed by atoms with Crippen molar-refractivity contribution in [3.8, 4) is 0 Å². The van der Waals surface area contributed by atoms with Crippen LogP contribution in [0.5, 0.6) is 0 Å². The summed E-state index contributed by atoms with van der Waals surface area (Å²) in [5.41, 5.74) is 0.954. The van der Waals surface area contributed by atoms with Crippen LogP contribution in [0.1, 0.15) is 18.6 Å². The molecule has 0 unspecified atom stereocenters. The number of hydrogen-bond acceptors (Lipinski definition) is 3. The van der Waals surface area contributed by atoms with Gasteiger partial charge >= 0.3 is 0 Å². The summed E-state index contributed by atoms with van der Waals surface area (Å²) in [6.07, 6.45) is -0.454. The molecular formula is C14H21NO2S. The highest BCUT2D eigenvalue weighted by molar-refractivity contribution is 7.85. The lowest BCUT2D eigenvalue weighted by atomic mass is 10.1. The van der Waals surface area contributed by atoms with E-state index in [4.69, 9.17) is 0 Å². The molecule has 3 atom stereocenters. The van der Waals surface area contributed by atoms with Crippen LogP contribution in [0.3, 0.4) is 0 Å². The van der Waals surface area contributed by atoms with E-state index in [0.717, 1.165) is 30.2 Å². The summed E-state index contributed by atoms with van der Waals surface area (Å²) in [5.74, 6) is 1.96. The summed E-state index contributed by atoms with van der Waals surface area (Å²) in [6.45, 7) is 4.51. The number of β-amino-alcohol motifs (C(OH)–C–C–N with tert-alkyl or cyclic N) is 1. The maximum atomic E-state index is 11.6. The van der Waals surface area contributed by atoms with Crippen molar-refractivity contribution in [3.05, 3.63) is 35.9 Å². The minimum absolute atomic E-state index is 0.441. The summed E-state index contributed by atoms with van der Waals surface area (Å²) < 4.78 is 11.6. The lowest BCUT2D eigenvalue weighted by Crippen LogP contribution is -2.33. The van der Waals surface area contributed by atoms with Gasteiger partial charge in [0.2, 0.25) is 0 Å². The van der Waals surface area contributed by atoms with Crippen molar-refractivity contribution in [1.29, 1.82) is 0 Å². The van der Waals surface area contributed by atoms with Crippen molar-refractivity contribution < 1.29 is 9.32 Å². The van der Waals surface area contributed by atoms with Crippen LogP contribution in [0.2, 0.25) is 0 Å². The highest BCUT2D eigenvalue weighted by Crippen LogP contribution is 2.16. The van der Waals surface area contributed by atoms with Gasteiger partial charge < -0.3 is 5.11 Å². The Kier molecular flexibility index (Phi) is 4.92. The molecule has 1 aromatic carbocycles. The average Bonchev–Trinajstić information content (AvgIpc) is 2.51. The standard InChI is InChI=1S/C14H21NO2S/c1-12-9-15(7-8-18(17)11-12)10-14(16)13-5-3-2-4-6-13/h2-6,12,14,16H,7-11H2,1H3/t12-,14-,18+/m1/s1. The van der Waals surface area contributed by atoms with Crippen LogP contribution in [-0.4, -0.2) is 45.4 Å². The highest BCUT2D eigenvalue weighted by Gasteiger charge is 2.21. The van der Waals surface area contributed by atoms with Gasteiger partial charge in [-0.15, -0.1) is 0 Å². The van der Waals surface area contributed by atoms with Crippen LogP contribution in [0.4, 0.5) is 0 Å². The molecule has 1 saturated heterocycles. The minimum Gasteiger partial charge on any atom is -0.387 e. The minimum atomic E-state index is -0.691. The van der Waals surface area contributed by atoms with Crippen LogP contribution < -0.4 is 0 Å². The van der Waals surface area contributed by atoms with Crippen molar-refractivity contribution in [2.24, 2.45) is 5.92 Å². The lowest BCUT2D eigenvalue weighted by molar-refractivity contribution is 0.111. The largest absolute Gasteiger partial charge is 0.387 e. The van der Waals surface area contributed by atoms with Gasteiger partial charge in [-0.25, -0.2) is 0 Å². The molecule has 1 aliphatic rings. The summed E-state index contributed by atoms with van der Waals surface area (Å²) in [7, 11) is -0.691. The Morgan fingerprint density at radius 2 is 2.17 bits per heavy atom. The molecule has 18 heavy (non-hydrogen) atoms. The molecule has 2 rings (SSSR count). The van der Waals surface area contributed by atoms with Crippen molar-refractivity contribution in [2.75, 3.05) is 31.1 Å². The number of aliphatic hydroxyl groups is 1. The predicted octanol–water partition coefficient (Wildman–Crippen LogP) is 1.42. The molecule has 1 aliphatic heterocycles. The molecule has 4 heteroatoms. The molecule has 1 fully saturated rings. The zero-order valence-electron chi connectivity index (χ0n) is 10.8. The molecule has 0 radical (unpaired) electrons. The lowest BCUT2D eigenvalue weighted by Gasteiger charge is -2.24. The quantitative estimate of drug-likeness (QED) is 0.900. The molecule has 0 amide bonds. The normalized spacial score (nSPS) is 27.7. The molecule has 0 spiro atoms. The summed E-state index contributed by atoms with van der Waals surface area (Å²) in [5, 5.41) is 10.2. The summed E-state index contributed by atoms with van der Waals surface area (Å²) in [4.78, 5) is 2.23. The van der Waals surface area contributed by atoms with E-state index in [1.54, 1.807) is 0 Å². The van der Waals surface area contributed by atoms with Crippen LogP contribution in [0.25, 0.3) is 0 Å². The Hall–Kier alpha value is -0.710. The SMILES string of the molecule is C[C@@H]1CN(C[C@@H](O)c2ccccc2)CC[S@](=O)C1. The van der Waals surface area contributed by atoms with Gasteiger partial charge in [0.15, 0.2) is 0 Å². The van der Waals surface area contributed by atoms with Gasteiger partial charge in [0.25, 0.3) is 0 Å². The first-order valence-corrected chi connectivity index (χ1v) is 7.94. The fraction of sp³-hybridized carbons (Fsp3) is 0.571. The second-order valence-corrected chi connectivity index (χ2v) is 6.72. The zero-order chi connectivity index (χ0) is 13.0. The van der Waals surface area contributed by atoms with Crippen molar-refractivity contribution in [2.45, 2.75) is 13.0 Å². The average molecular weight is 267 g/mol. The first kappa shape index (κ1) is 13.7. The summed E-state index contributed by atoms with van der Waals surface area (Å²) in [6, 6.07) is 9.73. The smallest absolute Gasteiger partial charge is 0.0916 e. The molecule has 1 N–H and O–H groups in total. The number of aliphatic hydroxyl groups excluding tert-OH is 1. The van der Waals surface area contributed by atoms with E-state index in [2.05, 4.69) is 11.8 Å². The Morgan fingerprint density at radius 1 is 1.44 bits per heavy atom. The van der Waals surface area contributed by atoms with Crippen molar-refractivity contribution in [1.82, 2.24) is 4.90 Å². The van der Waals surface area contributed by atoms with Gasteiger partial charge in [-0.05, 0) is 11.5 Å². The van der Waals surface area contributed by atoms with E-state index < -0.39 is 16.9 Å². The van der Waals surface area contributed by atoms with Crippen molar-refractivity contribution >= 4 is 10.8 Å². The topological polar surface area (TPSA) is 40.5 Å². The van der Waals surface area contributed by atoms with Crippen LogP contribution in [0, 0.1) is 5.92 Å². The predicted molar refractivity (Wildman–Crippen MR) is 74.9 cm³/mol. The Balaban J connectivity index is 1.94. The maximum Gasteiger partial charge on any atom is 0.0916 e. The van der Waals surface area contributed by atoms with Crippen LogP contribution in [-0.2, 0) is 10.8 Å². The molecule has 100 valence electrons. The number of benzene rings is 1. The van der Waals surface area contributed by atoms with Gasteiger partial charge in [0, 0.05) is 41.9 Å². The number of rotatable bonds is 3. The monoisotopic (exact) mass is 267 g/mol. The van der Waals surface area contributed by atoms with Crippen LogP contribution >= 0.6 is 0 Å². The molecular weight excluding hydrogens is 246 g/mol. The van der Waals surface area contributed by atoms with Crippen molar-refractivity contribution in [3.63, 3.8) is 0 Å². The highest BCUT2D eigenvalue weighted by atomic mass is 32.2. The van der Waals surface area contributed by atoms with Crippen LogP contribution in [0.15, 0.2) is 30.3 Å². The third-order valence-electron chi connectivity index (χ3n) is 3.29. The molecule has 1 aromatic rings. The maximum absolute atomic E-state index is 11.6. The molecule has 0 aromatic heterocycles. The second kappa shape index (κ2) is 6.45.